The van der Waals surface area contributed by atoms with Gasteiger partial charge in [0.05, 0.1) is 11.8 Å². The third kappa shape index (κ3) is 5.25. The normalized spacial score (nSPS) is 19.0. The molecule has 0 amide bonds. The molecule has 5 heteroatoms. The molecular formula is C16H28N4O. The molecule has 2 rings (SSSR count). The summed E-state index contributed by atoms with van der Waals surface area (Å²) in [6, 6.07) is 4.15. The lowest BCUT2D eigenvalue weighted by atomic mass is 10.1. The fourth-order valence-electron chi connectivity index (χ4n) is 2.58. The van der Waals surface area contributed by atoms with E-state index in [-0.39, 0.29) is 0 Å². The van der Waals surface area contributed by atoms with Crippen molar-refractivity contribution in [3.63, 3.8) is 0 Å². The molecule has 1 fully saturated rings. The fourth-order valence-corrected chi connectivity index (χ4v) is 2.58. The number of piperidine rings is 1. The summed E-state index contributed by atoms with van der Waals surface area (Å²) < 4.78 is 5.87. The van der Waals surface area contributed by atoms with E-state index < -0.39 is 0 Å². The van der Waals surface area contributed by atoms with Crippen molar-refractivity contribution < 1.29 is 4.74 Å². The van der Waals surface area contributed by atoms with Crippen molar-refractivity contribution >= 4 is 5.82 Å². The third-order valence-electron chi connectivity index (χ3n) is 3.70. The van der Waals surface area contributed by atoms with Gasteiger partial charge in [-0.15, -0.1) is 5.10 Å². The van der Waals surface area contributed by atoms with Gasteiger partial charge in [-0.2, -0.15) is 5.10 Å². The van der Waals surface area contributed by atoms with Crippen LogP contribution in [0.15, 0.2) is 12.1 Å². The third-order valence-corrected chi connectivity index (χ3v) is 3.70. The average molecular weight is 292 g/mol. The minimum atomic E-state index is 0.339. The molecule has 0 radical (unpaired) electrons. The maximum Gasteiger partial charge on any atom is 0.151 e. The highest BCUT2D eigenvalue weighted by Crippen LogP contribution is 2.19. The standard InChI is InChI=1S/C16H28N4O/c1-3-9-17-12-14-7-8-16(19-18-14)20-10-5-6-15(13-20)21-11-4-2/h7-8,15,17H,3-6,9-13H2,1-2H3. The van der Waals surface area contributed by atoms with E-state index in [9.17, 15) is 0 Å². The van der Waals surface area contributed by atoms with Crippen molar-refractivity contribution in [3.05, 3.63) is 17.8 Å². The lowest BCUT2D eigenvalue weighted by molar-refractivity contribution is 0.0439. The summed E-state index contributed by atoms with van der Waals surface area (Å²) in [5.74, 6) is 0.971. The number of nitrogens with one attached hydrogen (secondary N) is 1. The molecule has 0 aliphatic carbocycles. The summed E-state index contributed by atoms with van der Waals surface area (Å²) in [6.07, 6.45) is 4.87. The van der Waals surface area contributed by atoms with Gasteiger partial charge in [-0.25, -0.2) is 0 Å². The van der Waals surface area contributed by atoms with E-state index in [1.165, 1.54) is 0 Å². The molecule has 1 aliphatic rings. The molecule has 2 heterocycles. The Hall–Kier alpha value is -1.20. The van der Waals surface area contributed by atoms with E-state index >= 15 is 0 Å². The number of hydrogen-bond donors (Lipinski definition) is 1. The smallest absolute Gasteiger partial charge is 0.151 e. The van der Waals surface area contributed by atoms with Crippen LogP contribution in [0.25, 0.3) is 0 Å². The van der Waals surface area contributed by atoms with Gasteiger partial charge in [0, 0.05) is 26.2 Å². The number of nitrogens with zero attached hydrogens (tertiary/aromatic N) is 3. The second-order valence-corrected chi connectivity index (χ2v) is 5.64. The molecule has 118 valence electrons. The van der Waals surface area contributed by atoms with Gasteiger partial charge in [-0.1, -0.05) is 13.8 Å². The lowest BCUT2D eigenvalue weighted by Crippen LogP contribution is -2.40. The van der Waals surface area contributed by atoms with E-state index in [2.05, 4.69) is 46.4 Å². The van der Waals surface area contributed by atoms with Crippen LogP contribution in [-0.2, 0) is 11.3 Å². The summed E-state index contributed by atoms with van der Waals surface area (Å²) in [5.41, 5.74) is 1.00. The van der Waals surface area contributed by atoms with Crippen molar-refractivity contribution in [1.82, 2.24) is 15.5 Å². The fraction of sp³-hybridized carbons (Fsp3) is 0.750. The van der Waals surface area contributed by atoms with E-state index in [0.29, 0.717) is 6.10 Å². The van der Waals surface area contributed by atoms with Crippen LogP contribution in [0.3, 0.4) is 0 Å². The maximum atomic E-state index is 5.87. The highest BCUT2D eigenvalue weighted by molar-refractivity contribution is 5.38. The van der Waals surface area contributed by atoms with E-state index in [0.717, 1.165) is 70.0 Å². The number of anilines is 1. The summed E-state index contributed by atoms with van der Waals surface area (Å²) in [4.78, 5) is 2.29. The topological polar surface area (TPSA) is 50.3 Å². The second-order valence-electron chi connectivity index (χ2n) is 5.64. The Labute approximate surface area is 128 Å². The maximum absolute atomic E-state index is 5.87. The predicted molar refractivity (Wildman–Crippen MR) is 85.5 cm³/mol. The number of hydrogen-bond acceptors (Lipinski definition) is 5. The summed E-state index contributed by atoms with van der Waals surface area (Å²) >= 11 is 0. The van der Waals surface area contributed by atoms with Crippen LogP contribution in [0.1, 0.15) is 45.2 Å². The van der Waals surface area contributed by atoms with Gasteiger partial charge in [0.2, 0.25) is 0 Å². The first-order valence-corrected chi connectivity index (χ1v) is 8.23. The Morgan fingerprint density at radius 1 is 1.29 bits per heavy atom. The Balaban J connectivity index is 1.85. The zero-order chi connectivity index (χ0) is 14.9. The first-order chi connectivity index (χ1) is 10.3. The van der Waals surface area contributed by atoms with Crippen LogP contribution >= 0.6 is 0 Å². The Kier molecular flexibility index (Phi) is 6.89. The van der Waals surface area contributed by atoms with Gasteiger partial charge >= 0.3 is 0 Å². The molecular weight excluding hydrogens is 264 g/mol. The zero-order valence-electron chi connectivity index (χ0n) is 13.3. The molecule has 1 aromatic rings. The molecule has 0 aromatic carbocycles. The average Bonchev–Trinajstić information content (AvgIpc) is 2.54. The molecule has 5 nitrogen and oxygen atoms in total. The molecule has 1 N–H and O–H groups in total. The van der Waals surface area contributed by atoms with Crippen molar-refractivity contribution in [2.75, 3.05) is 31.1 Å². The molecule has 1 saturated heterocycles. The lowest BCUT2D eigenvalue weighted by Gasteiger charge is -2.33. The van der Waals surface area contributed by atoms with Crippen molar-refractivity contribution in [2.24, 2.45) is 0 Å². The van der Waals surface area contributed by atoms with Crippen LogP contribution in [0.4, 0.5) is 5.82 Å². The largest absolute Gasteiger partial charge is 0.376 e. The zero-order valence-corrected chi connectivity index (χ0v) is 13.3. The summed E-state index contributed by atoms with van der Waals surface area (Å²) in [7, 11) is 0. The number of ether oxygens (including phenoxy) is 1. The molecule has 1 aliphatic heterocycles. The van der Waals surface area contributed by atoms with Crippen LogP contribution in [-0.4, -0.2) is 42.5 Å². The summed E-state index contributed by atoms with van der Waals surface area (Å²) in [5, 5.41) is 12.0. The number of aromatic nitrogens is 2. The molecule has 0 saturated carbocycles. The molecule has 1 aromatic heterocycles. The molecule has 0 spiro atoms. The summed E-state index contributed by atoms with van der Waals surface area (Å²) in [6.45, 7) is 8.96. The molecule has 21 heavy (non-hydrogen) atoms. The molecule has 1 unspecified atom stereocenters. The quantitative estimate of drug-likeness (QED) is 0.746. The first-order valence-electron chi connectivity index (χ1n) is 8.23. The second kappa shape index (κ2) is 8.95. The van der Waals surface area contributed by atoms with E-state index in [1.54, 1.807) is 0 Å². The van der Waals surface area contributed by atoms with Crippen molar-refractivity contribution in [2.45, 2.75) is 52.2 Å². The Morgan fingerprint density at radius 2 is 2.19 bits per heavy atom. The highest BCUT2D eigenvalue weighted by Gasteiger charge is 2.21. The number of rotatable bonds is 8. The molecule has 1 atom stereocenters. The van der Waals surface area contributed by atoms with E-state index in [1.807, 2.05) is 0 Å². The van der Waals surface area contributed by atoms with Gasteiger partial charge in [0.25, 0.3) is 0 Å². The van der Waals surface area contributed by atoms with Gasteiger partial charge in [-0.3, -0.25) is 0 Å². The van der Waals surface area contributed by atoms with Crippen LogP contribution < -0.4 is 10.2 Å². The highest BCUT2D eigenvalue weighted by atomic mass is 16.5. The van der Waals surface area contributed by atoms with E-state index in [4.69, 9.17) is 4.74 Å². The van der Waals surface area contributed by atoms with Gasteiger partial charge in [0.15, 0.2) is 5.82 Å². The van der Waals surface area contributed by atoms with Crippen LogP contribution in [0.5, 0.6) is 0 Å². The Bertz CT molecular complexity index is 396. The van der Waals surface area contributed by atoms with Gasteiger partial charge in [-0.05, 0) is 44.4 Å². The predicted octanol–water partition coefficient (Wildman–Crippen LogP) is 2.37. The minimum absolute atomic E-state index is 0.339. The van der Waals surface area contributed by atoms with Gasteiger partial charge < -0.3 is 15.0 Å². The molecule has 0 bridgehead atoms. The van der Waals surface area contributed by atoms with Crippen LogP contribution in [0, 0.1) is 0 Å². The van der Waals surface area contributed by atoms with Crippen LogP contribution in [0.2, 0.25) is 0 Å². The first kappa shape index (κ1) is 16.2. The SMILES string of the molecule is CCCNCc1ccc(N2CCCC(OCCC)C2)nn1. The monoisotopic (exact) mass is 292 g/mol. The van der Waals surface area contributed by atoms with Crippen molar-refractivity contribution in [3.8, 4) is 0 Å². The van der Waals surface area contributed by atoms with Gasteiger partial charge in [0.1, 0.15) is 0 Å². The van der Waals surface area contributed by atoms with Crippen molar-refractivity contribution in [1.29, 1.82) is 0 Å². The minimum Gasteiger partial charge on any atom is -0.376 e. The Morgan fingerprint density at radius 3 is 2.90 bits per heavy atom.